The van der Waals surface area contributed by atoms with Gasteiger partial charge in [-0.2, -0.15) is 0 Å². The molecule has 106 valence electrons. The molecular formula is C12H17ClN2O4. The highest BCUT2D eigenvalue weighted by Crippen LogP contribution is 2.13. The molecule has 0 radical (unpaired) electrons. The lowest BCUT2D eigenvalue weighted by molar-refractivity contribution is -0.116. The van der Waals surface area contributed by atoms with Crippen molar-refractivity contribution in [1.82, 2.24) is 5.32 Å². The fourth-order valence-electron chi connectivity index (χ4n) is 1.32. The molecule has 7 heteroatoms. The molecule has 0 saturated heterocycles. The highest BCUT2D eigenvalue weighted by atomic mass is 35.5. The van der Waals surface area contributed by atoms with Gasteiger partial charge < -0.3 is 20.6 Å². The molecule has 0 aliphatic rings. The van der Waals surface area contributed by atoms with E-state index in [4.69, 9.17) is 26.9 Å². The molecule has 0 spiro atoms. The van der Waals surface area contributed by atoms with Crippen LogP contribution in [0.2, 0.25) is 5.02 Å². The summed E-state index contributed by atoms with van der Waals surface area (Å²) in [5.41, 5.74) is -0.684. The third-order valence-corrected chi connectivity index (χ3v) is 2.91. The smallest absolute Gasteiger partial charge is 0.238 e. The summed E-state index contributed by atoms with van der Waals surface area (Å²) in [6, 6.07) is 6.59. The largest absolute Gasteiger partial charge is 0.394 e. The molecule has 1 rings (SSSR count). The zero-order chi connectivity index (χ0) is 14.3. The number of halogens is 1. The van der Waals surface area contributed by atoms with Crippen LogP contribution in [0.5, 0.6) is 0 Å². The van der Waals surface area contributed by atoms with Gasteiger partial charge in [-0.1, -0.05) is 11.6 Å². The van der Waals surface area contributed by atoms with Crippen molar-refractivity contribution in [2.45, 2.75) is 5.54 Å². The fourth-order valence-corrected chi connectivity index (χ4v) is 1.45. The molecule has 0 bridgehead atoms. The number of anilines is 1. The number of hydrogen-bond donors (Lipinski definition) is 5. The number of benzene rings is 1. The van der Waals surface area contributed by atoms with Crippen LogP contribution >= 0.6 is 11.6 Å². The lowest BCUT2D eigenvalue weighted by atomic mass is 10.0. The van der Waals surface area contributed by atoms with Crippen molar-refractivity contribution in [2.24, 2.45) is 0 Å². The molecule has 5 N–H and O–H groups in total. The van der Waals surface area contributed by atoms with Gasteiger partial charge in [0.05, 0.1) is 31.9 Å². The Morgan fingerprint density at radius 1 is 1.11 bits per heavy atom. The summed E-state index contributed by atoms with van der Waals surface area (Å²) < 4.78 is 0. The molecule has 19 heavy (non-hydrogen) atoms. The average Bonchev–Trinajstić information content (AvgIpc) is 2.44. The zero-order valence-electron chi connectivity index (χ0n) is 10.3. The van der Waals surface area contributed by atoms with E-state index >= 15 is 0 Å². The Balaban J connectivity index is 2.49. The summed E-state index contributed by atoms with van der Waals surface area (Å²) in [4.78, 5) is 11.6. The molecular weight excluding hydrogens is 272 g/mol. The van der Waals surface area contributed by atoms with Crippen LogP contribution in [0, 0.1) is 0 Å². The van der Waals surface area contributed by atoms with Crippen LogP contribution < -0.4 is 10.6 Å². The quantitative estimate of drug-likeness (QED) is 0.469. The molecule has 0 aromatic heterocycles. The Kier molecular flexibility index (Phi) is 6.20. The first-order valence-electron chi connectivity index (χ1n) is 5.68. The summed E-state index contributed by atoms with van der Waals surface area (Å²) >= 11 is 5.72. The van der Waals surface area contributed by atoms with E-state index in [0.717, 1.165) is 0 Å². The Morgan fingerprint density at radius 2 is 1.63 bits per heavy atom. The minimum Gasteiger partial charge on any atom is -0.394 e. The molecule has 0 saturated carbocycles. The van der Waals surface area contributed by atoms with Gasteiger partial charge in [0, 0.05) is 10.7 Å². The van der Waals surface area contributed by atoms with E-state index in [-0.39, 0.29) is 12.5 Å². The maximum absolute atomic E-state index is 11.6. The monoisotopic (exact) mass is 288 g/mol. The summed E-state index contributed by atoms with van der Waals surface area (Å²) in [6.07, 6.45) is 0. The van der Waals surface area contributed by atoms with E-state index in [9.17, 15) is 4.79 Å². The minimum atomic E-state index is -1.27. The molecule has 0 aliphatic heterocycles. The van der Waals surface area contributed by atoms with Gasteiger partial charge in [-0.15, -0.1) is 0 Å². The van der Waals surface area contributed by atoms with Gasteiger partial charge in [0.2, 0.25) is 5.91 Å². The zero-order valence-corrected chi connectivity index (χ0v) is 11.0. The van der Waals surface area contributed by atoms with Crippen molar-refractivity contribution < 1.29 is 20.1 Å². The van der Waals surface area contributed by atoms with Crippen LogP contribution in [0.1, 0.15) is 0 Å². The van der Waals surface area contributed by atoms with Crippen molar-refractivity contribution in [2.75, 3.05) is 31.7 Å². The summed E-state index contributed by atoms with van der Waals surface area (Å²) in [7, 11) is 0. The number of amides is 1. The second-order valence-electron chi connectivity index (χ2n) is 4.16. The number of carbonyl (C=O) groups is 1. The summed E-state index contributed by atoms with van der Waals surface area (Å²) in [5, 5.41) is 33.0. The van der Waals surface area contributed by atoms with E-state index < -0.39 is 25.4 Å². The molecule has 1 aromatic carbocycles. The Hall–Kier alpha value is -1.18. The molecule has 0 unspecified atom stereocenters. The topological polar surface area (TPSA) is 102 Å². The van der Waals surface area contributed by atoms with Crippen molar-refractivity contribution in [3.8, 4) is 0 Å². The van der Waals surface area contributed by atoms with E-state index in [1.807, 2.05) is 0 Å². The van der Waals surface area contributed by atoms with Crippen LogP contribution in [-0.4, -0.2) is 53.1 Å². The molecule has 6 nitrogen and oxygen atoms in total. The second kappa shape index (κ2) is 7.42. The number of carbonyl (C=O) groups excluding carboxylic acids is 1. The number of aliphatic hydroxyl groups is 3. The normalized spacial score (nSPS) is 11.4. The first kappa shape index (κ1) is 15.9. The molecule has 1 aromatic rings. The fraction of sp³-hybridized carbons (Fsp3) is 0.417. The number of rotatable bonds is 7. The lowest BCUT2D eigenvalue weighted by Crippen LogP contribution is -2.56. The van der Waals surface area contributed by atoms with Crippen molar-refractivity contribution >= 4 is 23.2 Å². The number of hydrogen-bond acceptors (Lipinski definition) is 5. The molecule has 1 amide bonds. The van der Waals surface area contributed by atoms with Gasteiger partial charge in [0.1, 0.15) is 0 Å². The predicted octanol–water partition coefficient (Wildman–Crippen LogP) is -0.416. The van der Waals surface area contributed by atoms with Crippen LogP contribution in [0.25, 0.3) is 0 Å². The van der Waals surface area contributed by atoms with E-state index in [1.165, 1.54) is 0 Å². The SMILES string of the molecule is O=C(CNC(CO)(CO)CO)Nc1ccc(Cl)cc1. The third kappa shape index (κ3) is 4.77. The van der Waals surface area contributed by atoms with Gasteiger partial charge in [-0.25, -0.2) is 0 Å². The number of nitrogens with one attached hydrogen (secondary N) is 2. The highest BCUT2D eigenvalue weighted by Gasteiger charge is 2.27. The maximum atomic E-state index is 11.6. The van der Waals surface area contributed by atoms with Crippen LogP contribution in [0.3, 0.4) is 0 Å². The average molecular weight is 289 g/mol. The van der Waals surface area contributed by atoms with Crippen molar-refractivity contribution in [1.29, 1.82) is 0 Å². The van der Waals surface area contributed by atoms with Gasteiger partial charge in [-0.3, -0.25) is 10.1 Å². The third-order valence-electron chi connectivity index (χ3n) is 2.66. The predicted molar refractivity (Wildman–Crippen MR) is 72.1 cm³/mol. The van der Waals surface area contributed by atoms with E-state index in [1.54, 1.807) is 24.3 Å². The maximum Gasteiger partial charge on any atom is 0.238 e. The minimum absolute atomic E-state index is 0.149. The first-order chi connectivity index (χ1) is 9.05. The lowest BCUT2D eigenvalue weighted by Gasteiger charge is -2.28. The summed E-state index contributed by atoms with van der Waals surface area (Å²) in [6.45, 7) is -1.58. The molecule has 0 heterocycles. The second-order valence-corrected chi connectivity index (χ2v) is 4.60. The Morgan fingerprint density at radius 3 is 2.11 bits per heavy atom. The summed E-state index contributed by atoms with van der Waals surface area (Å²) in [5.74, 6) is -0.359. The first-order valence-corrected chi connectivity index (χ1v) is 6.06. The Bertz CT molecular complexity index is 398. The standard InChI is InChI=1S/C12H17ClN2O4/c13-9-1-3-10(4-2-9)15-11(19)5-14-12(6-16,7-17)8-18/h1-4,14,16-18H,5-8H2,(H,15,19). The van der Waals surface area contributed by atoms with Crippen LogP contribution in [0.4, 0.5) is 5.69 Å². The van der Waals surface area contributed by atoms with Gasteiger partial charge >= 0.3 is 0 Å². The Labute approximate surface area is 116 Å². The van der Waals surface area contributed by atoms with Gasteiger partial charge in [0.15, 0.2) is 0 Å². The van der Waals surface area contributed by atoms with Crippen molar-refractivity contribution in [3.63, 3.8) is 0 Å². The van der Waals surface area contributed by atoms with Gasteiger partial charge in [-0.05, 0) is 24.3 Å². The van der Waals surface area contributed by atoms with E-state index in [2.05, 4.69) is 10.6 Å². The molecule has 0 atom stereocenters. The number of aliphatic hydroxyl groups excluding tert-OH is 3. The van der Waals surface area contributed by atoms with Crippen molar-refractivity contribution in [3.05, 3.63) is 29.3 Å². The molecule has 0 fully saturated rings. The van der Waals surface area contributed by atoms with Crippen LogP contribution in [0.15, 0.2) is 24.3 Å². The highest BCUT2D eigenvalue weighted by molar-refractivity contribution is 6.30. The molecule has 0 aliphatic carbocycles. The van der Waals surface area contributed by atoms with E-state index in [0.29, 0.717) is 10.7 Å². The van der Waals surface area contributed by atoms with Crippen LogP contribution in [-0.2, 0) is 4.79 Å². The van der Waals surface area contributed by atoms with Gasteiger partial charge in [0.25, 0.3) is 0 Å².